The zero-order valence-corrected chi connectivity index (χ0v) is 13.6. The van der Waals surface area contributed by atoms with Gasteiger partial charge in [0.1, 0.15) is 11.6 Å². The fourth-order valence-electron chi connectivity index (χ4n) is 2.09. The number of methoxy groups -OCH3 is 2. The number of hydrogen-bond acceptors (Lipinski definition) is 4. The summed E-state index contributed by atoms with van der Waals surface area (Å²) in [6.45, 7) is 1.58. The monoisotopic (exact) mass is 324 g/mol. The highest BCUT2D eigenvalue weighted by Gasteiger charge is 2.15. The number of aliphatic hydroxyl groups excluding tert-OH is 1. The molecule has 0 aromatic heterocycles. The van der Waals surface area contributed by atoms with E-state index >= 15 is 0 Å². The van der Waals surface area contributed by atoms with Crippen molar-refractivity contribution in [1.29, 1.82) is 0 Å². The minimum absolute atomic E-state index is 0.0162. The first-order chi connectivity index (χ1) is 10.5. The Bertz CT molecular complexity index is 673. The molecule has 0 fully saturated rings. The van der Waals surface area contributed by atoms with Crippen molar-refractivity contribution in [1.82, 2.24) is 0 Å². The summed E-state index contributed by atoms with van der Waals surface area (Å²) < 4.78 is 23.7. The number of ether oxygens (including phenoxy) is 2. The first kappa shape index (κ1) is 16.5. The Labute approximate surface area is 130 Å². The van der Waals surface area contributed by atoms with Gasteiger partial charge >= 0.3 is 0 Å². The molecule has 0 saturated carbocycles. The van der Waals surface area contributed by atoms with E-state index in [-0.39, 0.29) is 14.3 Å². The summed E-state index contributed by atoms with van der Waals surface area (Å²) in [7, 11) is 3.01. The van der Waals surface area contributed by atoms with Crippen LogP contribution in [0.25, 0.3) is 0 Å². The average Bonchev–Trinajstić information content (AvgIpc) is 2.50. The zero-order valence-electron chi connectivity index (χ0n) is 12.6. The maximum absolute atomic E-state index is 13.4. The fraction of sp³-hybridized carbons (Fsp3) is 0.250. The summed E-state index contributed by atoms with van der Waals surface area (Å²) in [6, 6.07) is 7.54. The van der Waals surface area contributed by atoms with Gasteiger partial charge in [-0.3, -0.25) is 0 Å². The molecular weight excluding hydrogens is 306 g/mol. The largest absolute Gasteiger partial charge is 0.504 e. The molecule has 0 heterocycles. The molecule has 0 bridgehead atoms. The molecule has 0 spiro atoms. The van der Waals surface area contributed by atoms with E-state index in [4.69, 9.17) is 9.47 Å². The summed E-state index contributed by atoms with van der Waals surface area (Å²) in [5.74, 6) is 0.472. The van der Waals surface area contributed by atoms with Gasteiger partial charge in [-0.1, -0.05) is 14.6 Å². The van der Waals surface area contributed by atoms with Crippen molar-refractivity contribution < 1.29 is 24.1 Å². The van der Waals surface area contributed by atoms with Gasteiger partial charge in [0.05, 0.1) is 20.3 Å². The number of aliphatic hydroxyl groups is 1. The van der Waals surface area contributed by atoms with Crippen LogP contribution >= 0.6 is 8.58 Å². The molecule has 2 aromatic carbocycles. The van der Waals surface area contributed by atoms with E-state index in [2.05, 4.69) is 0 Å². The Balaban J connectivity index is 2.47. The van der Waals surface area contributed by atoms with Gasteiger partial charge in [-0.2, -0.15) is 0 Å². The van der Waals surface area contributed by atoms with Gasteiger partial charge < -0.3 is 19.7 Å². The number of hydrogen-bond donors (Lipinski definition) is 2. The summed E-state index contributed by atoms with van der Waals surface area (Å²) in [6.07, 6.45) is -0.798. The molecule has 0 saturated heterocycles. The van der Waals surface area contributed by atoms with Crippen molar-refractivity contribution >= 4 is 19.2 Å². The van der Waals surface area contributed by atoms with Crippen LogP contribution in [-0.2, 0) is 0 Å². The molecule has 0 radical (unpaired) electrons. The number of benzene rings is 2. The van der Waals surface area contributed by atoms with Gasteiger partial charge in [-0.25, -0.2) is 4.39 Å². The highest BCUT2D eigenvalue weighted by molar-refractivity contribution is 7.55. The second kappa shape index (κ2) is 6.95. The van der Waals surface area contributed by atoms with Crippen molar-refractivity contribution in [3.8, 4) is 17.2 Å². The molecule has 118 valence electrons. The normalized spacial score (nSPS) is 12.6. The summed E-state index contributed by atoms with van der Waals surface area (Å²) in [5.41, 5.74) is 0.500. The van der Waals surface area contributed by atoms with Gasteiger partial charge in [0.2, 0.25) is 0 Å². The minimum Gasteiger partial charge on any atom is -0.504 e. The van der Waals surface area contributed by atoms with Crippen LogP contribution in [0, 0.1) is 5.82 Å². The van der Waals surface area contributed by atoms with Gasteiger partial charge in [0.25, 0.3) is 0 Å². The molecule has 2 rings (SSSR count). The molecule has 2 unspecified atom stereocenters. The van der Waals surface area contributed by atoms with Crippen molar-refractivity contribution in [2.45, 2.75) is 13.0 Å². The third-order valence-corrected chi connectivity index (χ3v) is 4.61. The lowest BCUT2D eigenvalue weighted by atomic mass is 10.1. The van der Waals surface area contributed by atoms with Gasteiger partial charge in [0, 0.05) is 11.4 Å². The van der Waals surface area contributed by atoms with E-state index < -0.39 is 11.9 Å². The molecule has 0 aliphatic rings. The average molecular weight is 324 g/mol. The molecule has 2 N–H and O–H groups in total. The third-order valence-electron chi connectivity index (χ3n) is 3.24. The SMILES string of the molecule is COc1cc(OC)c(O)c(Pc2ccc(F)cc2C(C)O)c1. The van der Waals surface area contributed by atoms with Crippen molar-refractivity contribution in [3.63, 3.8) is 0 Å². The minimum atomic E-state index is -0.798. The Kier molecular flexibility index (Phi) is 5.22. The van der Waals surface area contributed by atoms with Gasteiger partial charge in [-0.05, 0) is 36.0 Å². The highest BCUT2D eigenvalue weighted by atomic mass is 31.1. The van der Waals surface area contributed by atoms with Crippen molar-refractivity contribution in [3.05, 3.63) is 41.7 Å². The summed E-state index contributed by atoms with van der Waals surface area (Å²) >= 11 is 0. The summed E-state index contributed by atoms with van der Waals surface area (Å²) in [5, 5.41) is 21.4. The lowest BCUT2D eigenvalue weighted by Gasteiger charge is -2.15. The van der Waals surface area contributed by atoms with Gasteiger partial charge in [-0.15, -0.1) is 0 Å². The topological polar surface area (TPSA) is 58.9 Å². The predicted octanol–water partition coefficient (Wildman–Crippen LogP) is 2.23. The number of aromatic hydroxyl groups is 1. The predicted molar refractivity (Wildman–Crippen MR) is 85.8 cm³/mol. The first-order valence-corrected chi connectivity index (χ1v) is 7.65. The quantitative estimate of drug-likeness (QED) is 0.828. The molecule has 0 aliphatic carbocycles. The van der Waals surface area contributed by atoms with Crippen LogP contribution in [0.3, 0.4) is 0 Å². The third kappa shape index (κ3) is 3.49. The smallest absolute Gasteiger partial charge is 0.165 e. The lowest BCUT2D eigenvalue weighted by Crippen LogP contribution is -2.13. The first-order valence-electron chi connectivity index (χ1n) is 6.65. The second-order valence-electron chi connectivity index (χ2n) is 4.76. The van der Waals surface area contributed by atoms with Crippen LogP contribution in [0.5, 0.6) is 17.2 Å². The van der Waals surface area contributed by atoms with Crippen LogP contribution in [0.4, 0.5) is 4.39 Å². The maximum Gasteiger partial charge on any atom is 0.165 e. The number of phenols is 1. The van der Waals surface area contributed by atoms with Crippen LogP contribution in [0.15, 0.2) is 30.3 Å². The van der Waals surface area contributed by atoms with E-state index in [1.165, 1.54) is 26.4 Å². The number of halogens is 1. The highest BCUT2D eigenvalue weighted by Crippen LogP contribution is 2.33. The van der Waals surface area contributed by atoms with E-state index in [0.717, 1.165) is 5.30 Å². The van der Waals surface area contributed by atoms with Crippen LogP contribution in [0.2, 0.25) is 0 Å². The molecule has 6 heteroatoms. The Morgan fingerprint density at radius 3 is 2.41 bits per heavy atom. The van der Waals surface area contributed by atoms with Crippen LogP contribution in [-0.4, -0.2) is 24.4 Å². The lowest BCUT2D eigenvalue weighted by molar-refractivity contribution is 0.200. The van der Waals surface area contributed by atoms with E-state index in [1.807, 2.05) is 0 Å². The zero-order chi connectivity index (χ0) is 16.3. The Morgan fingerprint density at radius 1 is 1.09 bits per heavy atom. The summed E-state index contributed by atoms with van der Waals surface area (Å²) in [4.78, 5) is 0. The van der Waals surface area contributed by atoms with Crippen LogP contribution in [0.1, 0.15) is 18.6 Å². The van der Waals surface area contributed by atoms with Crippen LogP contribution < -0.4 is 20.1 Å². The van der Waals surface area contributed by atoms with E-state index in [1.54, 1.807) is 25.1 Å². The molecule has 0 amide bonds. The fourth-order valence-corrected chi connectivity index (χ4v) is 3.43. The van der Waals surface area contributed by atoms with Crippen molar-refractivity contribution in [2.75, 3.05) is 14.2 Å². The molecule has 4 nitrogen and oxygen atoms in total. The molecule has 22 heavy (non-hydrogen) atoms. The molecule has 2 aromatic rings. The number of phenolic OH excluding ortho intramolecular Hbond substituents is 1. The standard InChI is InChI=1S/C16H18FO4P/c1-9(18)12-6-10(17)4-5-14(12)22-15-8-11(20-2)7-13(21-3)16(15)19/h4-9,18-19,22H,1-3H3. The molecular formula is C16H18FO4P. The van der Waals surface area contributed by atoms with E-state index in [9.17, 15) is 14.6 Å². The Morgan fingerprint density at radius 2 is 1.82 bits per heavy atom. The Hall–Kier alpha value is -1.84. The van der Waals surface area contributed by atoms with E-state index in [0.29, 0.717) is 22.4 Å². The number of rotatable bonds is 5. The van der Waals surface area contributed by atoms with Crippen molar-refractivity contribution in [2.24, 2.45) is 0 Å². The maximum atomic E-state index is 13.4. The second-order valence-corrected chi connectivity index (χ2v) is 6.09. The molecule has 2 atom stereocenters. The molecule has 0 aliphatic heterocycles. The van der Waals surface area contributed by atoms with Gasteiger partial charge in [0.15, 0.2) is 11.5 Å².